The van der Waals surface area contributed by atoms with Crippen LogP contribution in [0.15, 0.2) is 29.2 Å². The van der Waals surface area contributed by atoms with E-state index in [9.17, 15) is 13.2 Å². The van der Waals surface area contributed by atoms with Crippen LogP contribution in [0.1, 0.15) is 13.3 Å². The summed E-state index contributed by atoms with van der Waals surface area (Å²) < 4.78 is 25.0. The average Bonchev–Trinajstić information content (AvgIpc) is 2.38. The second-order valence-corrected chi connectivity index (χ2v) is 6.81. The molecule has 0 saturated carbocycles. The molecule has 0 spiro atoms. The molecule has 1 rings (SSSR count). The molecule has 0 radical (unpaired) electrons. The number of hydrogen-bond donors (Lipinski definition) is 1. The molecule has 20 heavy (non-hydrogen) atoms. The standard InChI is InChI=1S/C13H20N2O4S/c1-5-12(13(16)17)15(4)10-6-8-11(9-7-10)20(18,19)14(2)3/h6-9,12H,5H2,1-4H3,(H,16,17). The molecule has 7 heteroatoms. The Hall–Kier alpha value is -1.60. The fraction of sp³-hybridized carbons (Fsp3) is 0.462. The summed E-state index contributed by atoms with van der Waals surface area (Å²) in [6, 6.07) is 5.56. The third-order valence-electron chi connectivity index (χ3n) is 3.16. The van der Waals surface area contributed by atoms with Crippen LogP contribution < -0.4 is 4.90 Å². The van der Waals surface area contributed by atoms with Gasteiger partial charge in [0.15, 0.2) is 0 Å². The van der Waals surface area contributed by atoms with Crippen LogP contribution in [0.4, 0.5) is 5.69 Å². The molecule has 1 unspecified atom stereocenters. The van der Waals surface area contributed by atoms with E-state index in [1.54, 1.807) is 31.0 Å². The smallest absolute Gasteiger partial charge is 0.326 e. The van der Waals surface area contributed by atoms with Crippen LogP contribution >= 0.6 is 0 Å². The lowest BCUT2D eigenvalue weighted by molar-refractivity contribution is -0.138. The molecule has 0 saturated heterocycles. The molecule has 0 aliphatic heterocycles. The predicted molar refractivity (Wildman–Crippen MR) is 77.4 cm³/mol. The zero-order valence-electron chi connectivity index (χ0n) is 12.1. The van der Waals surface area contributed by atoms with Crippen molar-refractivity contribution >= 4 is 21.7 Å². The van der Waals surface area contributed by atoms with Crippen molar-refractivity contribution < 1.29 is 18.3 Å². The minimum atomic E-state index is -3.46. The first-order chi connectivity index (χ1) is 9.21. The molecule has 1 atom stereocenters. The van der Waals surface area contributed by atoms with Crippen LogP contribution in [0, 0.1) is 0 Å². The number of benzene rings is 1. The Bertz CT molecular complexity index is 567. The molecule has 6 nitrogen and oxygen atoms in total. The molecule has 0 aromatic heterocycles. The lowest BCUT2D eigenvalue weighted by Gasteiger charge is -2.26. The molecule has 1 aromatic carbocycles. The van der Waals surface area contributed by atoms with Crippen LogP contribution in [0.3, 0.4) is 0 Å². The number of carboxylic acids is 1. The quantitative estimate of drug-likeness (QED) is 0.855. The van der Waals surface area contributed by atoms with E-state index in [1.165, 1.54) is 26.2 Å². The van der Waals surface area contributed by atoms with E-state index in [2.05, 4.69) is 0 Å². The van der Waals surface area contributed by atoms with Crippen molar-refractivity contribution in [3.8, 4) is 0 Å². The Morgan fingerprint density at radius 1 is 1.20 bits per heavy atom. The highest BCUT2D eigenvalue weighted by Gasteiger charge is 2.22. The van der Waals surface area contributed by atoms with Gasteiger partial charge in [0.2, 0.25) is 10.0 Å². The van der Waals surface area contributed by atoms with Gasteiger partial charge in [0.1, 0.15) is 6.04 Å². The summed E-state index contributed by atoms with van der Waals surface area (Å²) in [6.07, 6.45) is 0.462. The Morgan fingerprint density at radius 2 is 1.70 bits per heavy atom. The van der Waals surface area contributed by atoms with Gasteiger partial charge in [0.05, 0.1) is 4.90 Å². The van der Waals surface area contributed by atoms with Crippen LogP contribution in [-0.2, 0) is 14.8 Å². The first kappa shape index (κ1) is 16.5. The van der Waals surface area contributed by atoms with Gasteiger partial charge in [-0.05, 0) is 30.7 Å². The molecular formula is C13H20N2O4S. The van der Waals surface area contributed by atoms with Crippen LogP contribution in [-0.4, -0.2) is 51.0 Å². The number of hydrogen-bond acceptors (Lipinski definition) is 4. The largest absolute Gasteiger partial charge is 0.480 e. The van der Waals surface area contributed by atoms with Gasteiger partial charge in [-0.3, -0.25) is 0 Å². The van der Waals surface area contributed by atoms with E-state index in [0.29, 0.717) is 12.1 Å². The Kier molecular flexibility index (Phi) is 5.13. The van der Waals surface area contributed by atoms with Crippen LogP contribution in [0.2, 0.25) is 0 Å². The van der Waals surface area contributed by atoms with Crippen LogP contribution in [0.25, 0.3) is 0 Å². The van der Waals surface area contributed by atoms with Crippen molar-refractivity contribution in [2.24, 2.45) is 0 Å². The second kappa shape index (κ2) is 6.23. The van der Waals surface area contributed by atoms with Gasteiger partial charge in [-0.2, -0.15) is 0 Å². The Balaban J connectivity index is 3.06. The molecule has 1 aromatic rings. The van der Waals surface area contributed by atoms with Crippen molar-refractivity contribution in [1.29, 1.82) is 0 Å². The van der Waals surface area contributed by atoms with Gasteiger partial charge in [0, 0.05) is 26.8 Å². The molecule has 0 amide bonds. The fourth-order valence-electron chi connectivity index (χ4n) is 1.86. The minimum Gasteiger partial charge on any atom is -0.480 e. The SMILES string of the molecule is CCC(C(=O)O)N(C)c1ccc(S(=O)(=O)N(C)C)cc1. The molecule has 0 aliphatic rings. The highest BCUT2D eigenvalue weighted by Crippen LogP contribution is 2.21. The molecule has 0 aliphatic carbocycles. The lowest BCUT2D eigenvalue weighted by Crippen LogP contribution is -2.37. The number of anilines is 1. The number of carboxylic acid groups (broad SMARTS) is 1. The summed E-state index contributed by atoms with van der Waals surface area (Å²) in [5, 5.41) is 9.12. The first-order valence-corrected chi connectivity index (χ1v) is 7.64. The first-order valence-electron chi connectivity index (χ1n) is 6.20. The third kappa shape index (κ3) is 3.29. The fourth-order valence-corrected chi connectivity index (χ4v) is 2.76. The van der Waals surface area contributed by atoms with Crippen molar-refractivity contribution in [3.63, 3.8) is 0 Å². The maximum Gasteiger partial charge on any atom is 0.326 e. The molecule has 1 N–H and O–H groups in total. The zero-order valence-corrected chi connectivity index (χ0v) is 12.9. The van der Waals surface area contributed by atoms with Crippen molar-refractivity contribution in [2.45, 2.75) is 24.3 Å². The highest BCUT2D eigenvalue weighted by molar-refractivity contribution is 7.89. The summed E-state index contributed by atoms with van der Waals surface area (Å²) in [5.41, 5.74) is 0.664. The zero-order chi connectivity index (χ0) is 15.5. The van der Waals surface area contributed by atoms with E-state index in [-0.39, 0.29) is 4.90 Å². The van der Waals surface area contributed by atoms with Crippen LogP contribution in [0.5, 0.6) is 0 Å². The molecule has 0 fully saturated rings. The van der Waals surface area contributed by atoms with E-state index >= 15 is 0 Å². The van der Waals surface area contributed by atoms with Crippen molar-refractivity contribution in [3.05, 3.63) is 24.3 Å². The highest BCUT2D eigenvalue weighted by atomic mass is 32.2. The monoisotopic (exact) mass is 300 g/mol. The Morgan fingerprint density at radius 3 is 2.05 bits per heavy atom. The molecule has 0 bridgehead atoms. The molecule has 0 heterocycles. The van der Waals surface area contributed by atoms with Gasteiger partial charge >= 0.3 is 5.97 Å². The van der Waals surface area contributed by atoms with Gasteiger partial charge in [-0.1, -0.05) is 6.92 Å². The topological polar surface area (TPSA) is 77.9 Å². The average molecular weight is 300 g/mol. The minimum absolute atomic E-state index is 0.183. The molecule has 112 valence electrons. The van der Waals surface area contributed by atoms with Crippen molar-refractivity contribution in [2.75, 3.05) is 26.0 Å². The number of likely N-dealkylation sites (N-methyl/N-ethyl adjacent to an activating group) is 1. The Labute approximate surface area is 119 Å². The summed E-state index contributed by atoms with van der Waals surface area (Å²) >= 11 is 0. The summed E-state index contributed by atoms with van der Waals surface area (Å²) in [5.74, 6) is -0.903. The van der Waals surface area contributed by atoms with E-state index in [4.69, 9.17) is 5.11 Å². The predicted octanol–water partition coefficient (Wildman–Crippen LogP) is 1.24. The van der Waals surface area contributed by atoms with E-state index < -0.39 is 22.0 Å². The number of carbonyl (C=O) groups is 1. The van der Waals surface area contributed by atoms with Gasteiger partial charge in [0.25, 0.3) is 0 Å². The summed E-state index contributed by atoms with van der Waals surface area (Å²) in [4.78, 5) is 12.9. The van der Waals surface area contributed by atoms with Gasteiger partial charge < -0.3 is 10.0 Å². The number of sulfonamides is 1. The van der Waals surface area contributed by atoms with Crippen molar-refractivity contribution in [1.82, 2.24) is 4.31 Å². The van der Waals surface area contributed by atoms with E-state index in [0.717, 1.165) is 4.31 Å². The summed E-state index contributed by atoms with van der Waals surface area (Å²) in [7, 11) is 1.15. The normalized spacial score (nSPS) is 13.2. The van der Waals surface area contributed by atoms with Gasteiger partial charge in [-0.15, -0.1) is 0 Å². The van der Waals surface area contributed by atoms with Gasteiger partial charge in [-0.25, -0.2) is 17.5 Å². The lowest BCUT2D eigenvalue weighted by atomic mass is 10.2. The second-order valence-electron chi connectivity index (χ2n) is 4.65. The molecular weight excluding hydrogens is 280 g/mol. The number of rotatable bonds is 6. The maximum absolute atomic E-state index is 11.9. The van der Waals surface area contributed by atoms with E-state index in [1.807, 2.05) is 0 Å². The number of aliphatic carboxylic acids is 1. The number of nitrogens with zero attached hydrogens (tertiary/aromatic N) is 2. The summed E-state index contributed by atoms with van der Waals surface area (Å²) in [6.45, 7) is 1.79. The third-order valence-corrected chi connectivity index (χ3v) is 4.99. The maximum atomic E-state index is 11.9.